The van der Waals surface area contributed by atoms with E-state index >= 15 is 0 Å². The first-order chi connectivity index (χ1) is 15.2. The maximum atomic E-state index is 5.82. The fraction of sp³-hybridized carbons (Fsp3) is 0.682. The largest absolute Gasteiger partial charge is 0.454 e. The van der Waals surface area contributed by atoms with Gasteiger partial charge in [-0.05, 0) is 41.5 Å². The van der Waals surface area contributed by atoms with E-state index < -0.39 is 0 Å². The molecule has 2 N–H and O–H groups in total. The van der Waals surface area contributed by atoms with Gasteiger partial charge in [0.2, 0.25) is 12.6 Å². The van der Waals surface area contributed by atoms with E-state index in [0.29, 0.717) is 18.8 Å². The average molecular weight is 431 g/mol. The minimum atomic E-state index is 0.244. The fourth-order valence-electron chi connectivity index (χ4n) is 5.25. The van der Waals surface area contributed by atoms with Crippen molar-refractivity contribution in [3.05, 3.63) is 29.6 Å². The Balaban J connectivity index is 1.22. The number of nitrogens with zero attached hydrogens (tertiary/aromatic N) is 4. The number of piperazine rings is 1. The smallest absolute Gasteiger partial charge is 0.231 e. The van der Waals surface area contributed by atoms with Gasteiger partial charge in [0, 0.05) is 18.1 Å². The second kappa shape index (κ2) is 9.10. The van der Waals surface area contributed by atoms with E-state index in [1.54, 1.807) is 9.80 Å². The highest BCUT2D eigenvalue weighted by Crippen LogP contribution is 2.32. The maximum Gasteiger partial charge on any atom is 0.231 e. The number of hydrogen-bond acceptors (Lipinski definition) is 6. The summed E-state index contributed by atoms with van der Waals surface area (Å²) in [7, 11) is 0. The predicted octanol–water partition coefficient (Wildman–Crippen LogP) is -0.738. The number of hydrogen-bond donors (Lipinski definition) is 2. The molecule has 9 heteroatoms. The number of tetrazole rings is 1. The Morgan fingerprint density at radius 3 is 2.74 bits per heavy atom. The van der Waals surface area contributed by atoms with Crippen molar-refractivity contribution in [2.24, 2.45) is 5.92 Å². The Bertz CT molecular complexity index is 874. The van der Waals surface area contributed by atoms with Crippen LogP contribution in [0, 0.1) is 5.92 Å². The van der Waals surface area contributed by atoms with E-state index in [2.05, 4.69) is 41.5 Å². The van der Waals surface area contributed by atoms with Gasteiger partial charge in [-0.15, -0.1) is 5.10 Å². The van der Waals surface area contributed by atoms with Crippen LogP contribution in [0.5, 0.6) is 11.5 Å². The van der Waals surface area contributed by atoms with Gasteiger partial charge >= 0.3 is 0 Å². The molecule has 31 heavy (non-hydrogen) atoms. The number of quaternary nitrogens is 2. The quantitative estimate of drug-likeness (QED) is 0.603. The minimum Gasteiger partial charge on any atom is -0.454 e. The Morgan fingerprint density at radius 2 is 1.97 bits per heavy atom. The molecule has 3 aliphatic rings. The molecule has 1 aromatic heterocycles. The monoisotopic (exact) mass is 430 g/mol. The number of fused-ring (bicyclic) bond motifs is 1. The Kier molecular flexibility index (Phi) is 6.06. The van der Waals surface area contributed by atoms with Crippen molar-refractivity contribution in [1.29, 1.82) is 0 Å². The van der Waals surface area contributed by atoms with Gasteiger partial charge in [-0.3, -0.25) is 0 Å². The molecule has 4 heterocycles. The summed E-state index contributed by atoms with van der Waals surface area (Å²) in [6.45, 7) is 12.1. The van der Waals surface area contributed by atoms with Crippen molar-refractivity contribution in [3.63, 3.8) is 0 Å². The van der Waals surface area contributed by atoms with E-state index in [0.717, 1.165) is 76.0 Å². The van der Waals surface area contributed by atoms with Crippen LogP contribution in [0.4, 0.5) is 0 Å². The molecule has 0 radical (unpaired) electrons. The zero-order valence-corrected chi connectivity index (χ0v) is 18.5. The van der Waals surface area contributed by atoms with E-state index in [1.165, 1.54) is 5.56 Å². The van der Waals surface area contributed by atoms with Crippen LogP contribution in [-0.4, -0.2) is 65.9 Å². The molecule has 168 valence electrons. The van der Waals surface area contributed by atoms with Crippen molar-refractivity contribution in [2.45, 2.75) is 51.9 Å². The molecule has 0 unspecified atom stereocenters. The fourth-order valence-corrected chi connectivity index (χ4v) is 5.25. The van der Waals surface area contributed by atoms with Crippen LogP contribution in [0.3, 0.4) is 0 Å². The van der Waals surface area contributed by atoms with Gasteiger partial charge in [0.15, 0.2) is 17.5 Å². The number of nitrogens with one attached hydrogen (secondary N) is 2. The van der Waals surface area contributed by atoms with Crippen molar-refractivity contribution < 1.29 is 24.0 Å². The molecule has 0 saturated carbocycles. The molecule has 0 spiro atoms. The van der Waals surface area contributed by atoms with Crippen LogP contribution >= 0.6 is 0 Å². The van der Waals surface area contributed by atoms with E-state index in [-0.39, 0.29) is 6.10 Å². The van der Waals surface area contributed by atoms with Gasteiger partial charge in [0.05, 0.1) is 12.6 Å². The summed E-state index contributed by atoms with van der Waals surface area (Å²) in [5.41, 5.74) is 1.31. The van der Waals surface area contributed by atoms with Crippen LogP contribution < -0.4 is 19.3 Å². The third-order valence-corrected chi connectivity index (χ3v) is 6.84. The first kappa shape index (κ1) is 20.7. The third-order valence-electron chi connectivity index (χ3n) is 6.84. The lowest BCUT2D eigenvalue weighted by Crippen LogP contribution is -3.27. The van der Waals surface area contributed by atoms with Gasteiger partial charge in [-0.25, -0.2) is 4.68 Å². The first-order valence-electron chi connectivity index (χ1n) is 11.6. The zero-order chi connectivity index (χ0) is 21.2. The Morgan fingerprint density at radius 1 is 1.13 bits per heavy atom. The number of ether oxygens (including phenoxy) is 3. The molecule has 2 aromatic rings. The standard InChI is InChI=1S/C22H32N6O3/c1-16(2)21(22-23-24-25-28(22)14-18-4-3-11-29-18)27-9-7-26(8-10-27)13-17-5-6-19-20(12-17)31-15-30-19/h5-6,12,16,18,21H,3-4,7-11,13-15H2,1-2H3/p+2/t18-,21-/m1/s1. The lowest BCUT2D eigenvalue weighted by atomic mass is 10.0. The van der Waals surface area contributed by atoms with Crippen LogP contribution in [0.15, 0.2) is 18.2 Å². The van der Waals surface area contributed by atoms with Crippen molar-refractivity contribution in [1.82, 2.24) is 20.2 Å². The van der Waals surface area contributed by atoms with Crippen LogP contribution in [-0.2, 0) is 17.8 Å². The van der Waals surface area contributed by atoms with E-state index in [9.17, 15) is 0 Å². The molecule has 1 aromatic carbocycles. The highest BCUT2D eigenvalue weighted by molar-refractivity contribution is 5.44. The SMILES string of the molecule is CC(C)[C@H](c1nnnn1C[C@H]1CCCO1)[NH+]1CC[NH+](Cc2ccc3c(c2)OCO3)CC1. The molecular weight excluding hydrogens is 396 g/mol. The zero-order valence-electron chi connectivity index (χ0n) is 18.5. The second-order valence-electron chi connectivity index (χ2n) is 9.35. The molecule has 0 bridgehead atoms. The third kappa shape index (κ3) is 4.53. The number of aromatic nitrogens is 4. The summed E-state index contributed by atoms with van der Waals surface area (Å²) >= 11 is 0. The molecule has 2 saturated heterocycles. The first-order valence-corrected chi connectivity index (χ1v) is 11.6. The average Bonchev–Trinajstić information content (AvgIpc) is 3.52. The Labute approximate surface area is 183 Å². The molecular formula is C22H34N6O3+2. The maximum absolute atomic E-state index is 5.82. The summed E-state index contributed by atoms with van der Waals surface area (Å²) in [4.78, 5) is 3.21. The minimum absolute atomic E-state index is 0.244. The lowest BCUT2D eigenvalue weighted by molar-refractivity contribution is -1.03. The van der Waals surface area contributed by atoms with Crippen LogP contribution in [0.1, 0.15) is 44.1 Å². The van der Waals surface area contributed by atoms with E-state index in [4.69, 9.17) is 14.2 Å². The second-order valence-corrected chi connectivity index (χ2v) is 9.35. The molecule has 9 nitrogen and oxygen atoms in total. The topological polar surface area (TPSA) is 80.2 Å². The van der Waals surface area contributed by atoms with Gasteiger partial charge < -0.3 is 24.0 Å². The predicted molar refractivity (Wildman–Crippen MR) is 112 cm³/mol. The summed E-state index contributed by atoms with van der Waals surface area (Å²) < 4.78 is 18.8. The number of rotatable bonds is 7. The molecule has 0 amide bonds. The van der Waals surface area contributed by atoms with Gasteiger partial charge in [-0.1, -0.05) is 13.8 Å². The summed E-state index contributed by atoms with van der Waals surface area (Å²) in [5.74, 6) is 3.21. The summed E-state index contributed by atoms with van der Waals surface area (Å²) in [5, 5.41) is 12.8. The van der Waals surface area contributed by atoms with Gasteiger partial charge in [0.1, 0.15) is 32.7 Å². The molecule has 2 fully saturated rings. The van der Waals surface area contributed by atoms with Crippen LogP contribution in [0.25, 0.3) is 0 Å². The van der Waals surface area contributed by atoms with Crippen molar-refractivity contribution >= 4 is 0 Å². The normalized spacial score (nSPS) is 26.5. The molecule has 3 aliphatic heterocycles. The Hall–Kier alpha value is -2.23. The lowest BCUT2D eigenvalue weighted by Gasteiger charge is -2.35. The highest BCUT2D eigenvalue weighted by atomic mass is 16.7. The van der Waals surface area contributed by atoms with Crippen LogP contribution in [0.2, 0.25) is 0 Å². The summed E-state index contributed by atoms with van der Waals surface area (Å²) in [6.07, 6.45) is 2.48. The molecule has 0 aliphatic carbocycles. The van der Waals surface area contributed by atoms with E-state index in [1.807, 2.05) is 10.7 Å². The molecule has 5 rings (SSSR count). The number of benzene rings is 1. The van der Waals surface area contributed by atoms with Gasteiger partial charge in [-0.2, -0.15) is 0 Å². The van der Waals surface area contributed by atoms with Crippen molar-refractivity contribution in [3.8, 4) is 11.5 Å². The molecule has 2 atom stereocenters. The van der Waals surface area contributed by atoms with Crippen molar-refractivity contribution in [2.75, 3.05) is 39.6 Å². The van der Waals surface area contributed by atoms with Gasteiger partial charge in [0.25, 0.3) is 0 Å². The summed E-state index contributed by atoms with van der Waals surface area (Å²) in [6, 6.07) is 6.63. The highest BCUT2D eigenvalue weighted by Gasteiger charge is 2.37.